The van der Waals surface area contributed by atoms with Crippen molar-refractivity contribution in [3.63, 3.8) is 0 Å². The van der Waals surface area contributed by atoms with Gasteiger partial charge in [0, 0.05) is 11.1 Å². The minimum atomic E-state index is 0.546. The van der Waals surface area contributed by atoms with Crippen LogP contribution in [0.25, 0.3) is 0 Å². The summed E-state index contributed by atoms with van der Waals surface area (Å²) in [7, 11) is 3.18. The van der Waals surface area contributed by atoms with Crippen LogP contribution in [0.4, 0.5) is 17.1 Å². The minimum Gasteiger partial charge on any atom is -0.495 e. The van der Waals surface area contributed by atoms with Gasteiger partial charge in [-0.05, 0) is 30.7 Å². The van der Waals surface area contributed by atoms with E-state index in [1.807, 2.05) is 31.2 Å². The van der Waals surface area contributed by atoms with Crippen molar-refractivity contribution < 1.29 is 9.47 Å². The number of aryl methyl sites for hydroxylation is 1. The Morgan fingerprint density at radius 2 is 1.75 bits per heavy atom. The molecule has 0 aliphatic carbocycles. The predicted molar refractivity (Wildman–Crippen MR) is 83.4 cm³/mol. The zero-order valence-corrected chi connectivity index (χ0v) is 12.4. The summed E-state index contributed by atoms with van der Waals surface area (Å²) in [6.45, 7) is 1.93. The lowest BCUT2D eigenvalue weighted by molar-refractivity contribution is 0.416. The van der Waals surface area contributed by atoms with E-state index in [4.69, 9.17) is 26.8 Å². The van der Waals surface area contributed by atoms with Gasteiger partial charge in [0.2, 0.25) is 0 Å². The van der Waals surface area contributed by atoms with Gasteiger partial charge >= 0.3 is 0 Å². The second-order valence-electron chi connectivity index (χ2n) is 4.35. The molecule has 0 saturated carbocycles. The topological polar surface area (TPSA) is 56.5 Å². The summed E-state index contributed by atoms with van der Waals surface area (Å²) in [6, 6.07) is 9.24. The number of ether oxygens (including phenoxy) is 2. The fraction of sp³-hybridized carbons (Fsp3) is 0.200. The monoisotopic (exact) mass is 292 g/mol. The van der Waals surface area contributed by atoms with Crippen molar-refractivity contribution in [1.29, 1.82) is 0 Å². The van der Waals surface area contributed by atoms with Crippen molar-refractivity contribution in [1.82, 2.24) is 0 Å². The molecule has 0 unspecified atom stereocenters. The summed E-state index contributed by atoms with van der Waals surface area (Å²) in [5.74, 6) is 1.28. The van der Waals surface area contributed by atoms with Crippen molar-refractivity contribution in [3.05, 3.63) is 40.9 Å². The Balaban J connectivity index is 2.42. The van der Waals surface area contributed by atoms with Gasteiger partial charge in [-0.1, -0.05) is 17.7 Å². The summed E-state index contributed by atoms with van der Waals surface area (Å²) in [5.41, 5.74) is 9.10. The summed E-state index contributed by atoms with van der Waals surface area (Å²) in [6.07, 6.45) is 0. The number of para-hydroxylation sites is 1. The fourth-order valence-electron chi connectivity index (χ4n) is 1.91. The third-order valence-corrected chi connectivity index (χ3v) is 3.44. The molecule has 0 bridgehead atoms. The Bertz CT molecular complexity index is 630. The van der Waals surface area contributed by atoms with E-state index >= 15 is 0 Å². The quantitative estimate of drug-likeness (QED) is 0.837. The van der Waals surface area contributed by atoms with E-state index in [9.17, 15) is 0 Å². The first-order valence-electron chi connectivity index (χ1n) is 6.10. The molecule has 4 nitrogen and oxygen atoms in total. The first-order valence-corrected chi connectivity index (χ1v) is 6.48. The Kier molecular flexibility index (Phi) is 4.25. The zero-order chi connectivity index (χ0) is 14.7. The van der Waals surface area contributed by atoms with Crippen LogP contribution >= 0.6 is 11.6 Å². The molecule has 106 valence electrons. The van der Waals surface area contributed by atoms with Gasteiger partial charge in [0.1, 0.15) is 11.5 Å². The SMILES string of the molecule is COc1cc(Cl)c(C)cc1Nc1cccc(OC)c1N. The van der Waals surface area contributed by atoms with Crippen LogP contribution in [0.3, 0.4) is 0 Å². The van der Waals surface area contributed by atoms with Crippen LogP contribution < -0.4 is 20.5 Å². The standard InChI is InChI=1S/C15H17ClN2O2/c1-9-7-12(14(20-3)8-10(9)16)18-11-5-4-6-13(19-2)15(11)17/h4-8,18H,17H2,1-3H3. The molecule has 20 heavy (non-hydrogen) atoms. The number of benzene rings is 2. The average Bonchev–Trinajstić information content (AvgIpc) is 2.44. The molecule has 2 aromatic carbocycles. The van der Waals surface area contributed by atoms with Crippen LogP contribution in [0.2, 0.25) is 5.02 Å². The van der Waals surface area contributed by atoms with Gasteiger partial charge in [-0.3, -0.25) is 0 Å². The van der Waals surface area contributed by atoms with Gasteiger partial charge in [0.05, 0.1) is 31.3 Å². The molecule has 0 atom stereocenters. The maximum absolute atomic E-state index is 6.09. The summed E-state index contributed by atoms with van der Waals surface area (Å²) in [5, 5.41) is 3.90. The van der Waals surface area contributed by atoms with E-state index in [0.29, 0.717) is 22.2 Å². The minimum absolute atomic E-state index is 0.546. The molecule has 0 aromatic heterocycles. The molecular formula is C15H17ClN2O2. The van der Waals surface area contributed by atoms with Crippen LogP contribution in [-0.2, 0) is 0 Å². The van der Waals surface area contributed by atoms with E-state index in [-0.39, 0.29) is 0 Å². The highest BCUT2D eigenvalue weighted by Gasteiger charge is 2.10. The smallest absolute Gasteiger partial charge is 0.143 e. The predicted octanol–water partition coefficient (Wildman–Crippen LogP) is 3.99. The number of anilines is 3. The Labute approximate surface area is 123 Å². The number of nitrogens with two attached hydrogens (primary N) is 1. The molecule has 0 fully saturated rings. The maximum Gasteiger partial charge on any atom is 0.143 e. The van der Waals surface area contributed by atoms with Gasteiger partial charge in [-0.15, -0.1) is 0 Å². The Morgan fingerprint density at radius 1 is 1.05 bits per heavy atom. The summed E-state index contributed by atoms with van der Waals surface area (Å²) < 4.78 is 10.5. The lowest BCUT2D eigenvalue weighted by atomic mass is 10.2. The zero-order valence-electron chi connectivity index (χ0n) is 11.7. The van der Waals surface area contributed by atoms with Crippen LogP contribution in [0.5, 0.6) is 11.5 Å². The largest absolute Gasteiger partial charge is 0.495 e. The molecule has 2 aromatic rings. The number of hydrogen-bond donors (Lipinski definition) is 2. The third kappa shape index (κ3) is 2.75. The van der Waals surface area contributed by atoms with Gasteiger partial charge < -0.3 is 20.5 Å². The maximum atomic E-state index is 6.09. The van der Waals surface area contributed by atoms with Crippen LogP contribution in [0.15, 0.2) is 30.3 Å². The van der Waals surface area contributed by atoms with Gasteiger partial charge in [-0.25, -0.2) is 0 Å². The van der Waals surface area contributed by atoms with Crippen molar-refractivity contribution in [2.24, 2.45) is 0 Å². The van der Waals surface area contributed by atoms with Crippen molar-refractivity contribution in [3.8, 4) is 11.5 Å². The molecule has 0 aliphatic rings. The average molecular weight is 293 g/mol. The Morgan fingerprint density at radius 3 is 2.40 bits per heavy atom. The van der Waals surface area contributed by atoms with Gasteiger partial charge in [-0.2, -0.15) is 0 Å². The van der Waals surface area contributed by atoms with E-state index in [1.54, 1.807) is 20.3 Å². The Hall–Kier alpha value is -2.07. The van der Waals surface area contributed by atoms with E-state index in [0.717, 1.165) is 16.9 Å². The number of rotatable bonds is 4. The number of methoxy groups -OCH3 is 2. The lowest BCUT2D eigenvalue weighted by Crippen LogP contribution is -2.01. The molecule has 5 heteroatoms. The van der Waals surface area contributed by atoms with Gasteiger partial charge in [0.25, 0.3) is 0 Å². The number of halogens is 1. The summed E-state index contributed by atoms with van der Waals surface area (Å²) in [4.78, 5) is 0. The summed E-state index contributed by atoms with van der Waals surface area (Å²) >= 11 is 6.09. The van der Waals surface area contributed by atoms with Crippen molar-refractivity contribution in [2.45, 2.75) is 6.92 Å². The molecule has 3 N–H and O–H groups in total. The molecule has 0 saturated heterocycles. The van der Waals surface area contributed by atoms with Crippen LogP contribution in [0.1, 0.15) is 5.56 Å². The normalized spacial score (nSPS) is 10.2. The highest BCUT2D eigenvalue weighted by molar-refractivity contribution is 6.31. The van der Waals surface area contributed by atoms with Crippen LogP contribution in [0, 0.1) is 6.92 Å². The molecule has 0 aliphatic heterocycles. The van der Waals surface area contributed by atoms with E-state index in [1.165, 1.54) is 0 Å². The number of hydrogen-bond acceptors (Lipinski definition) is 4. The molecule has 2 rings (SSSR count). The second-order valence-corrected chi connectivity index (χ2v) is 4.76. The molecule has 0 heterocycles. The fourth-order valence-corrected chi connectivity index (χ4v) is 2.06. The van der Waals surface area contributed by atoms with E-state index < -0.39 is 0 Å². The first-order chi connectivity index (χ1) is 9.56. The van der Waals surface area contributed by atoms with Gasteiger partial charge in [0.15, 0.2) is 0 Å². The first kappa shape index (κ1) is 14.3. The van der Waals surface area contributed by atoms with Crippen LogP contribution in [-0.4, -0.2) is 14.2 Å². The molecule has 0 radical (unpaired) electrons. The number of nitrogens with one attached hydrogen (secondary N) is 1. The molecule has 0 amide bonds. The number of nitrogen functional groups attached to an aromatic ring is 1. The van der Waals surface area contributed by atoms with E-state index in [2.05, 4.69) is 5.32 Å². The highest BCUT2D eigenvalue weighted by Crippen LogP contribution is 2.36. The van der Waals surface area contributed by atoms with Crippen molar-refractivity contribution >= 4 is 28.7 Å². The molecular weight excluding hydrogens is 276 g/mol. The third-order valence-electron chi connectivity index (χ3n) is 3.04. The lowest BCUT2D eigenvalue weighted by Gasteiger charge is -2.15. The highest BCUT2D eigenvalue weighted by atomic mass is 35.5. The second kappa shape index (κ2) is 5.92. The van der Waals surface area contributed by atoms with Crippen molar-refractivity contribution in [2.75, 3.05) is 25.3 Å². The molecule has 0 spiro atoms.